The highest BCUT2D eigenvalue weighted by Crippen LogP contribution is 2.20. The Morgan fingerprint density at radius 1 is 1.33 bits per heavy atom. The van der Waals surface area contributed by atoms with Crippen molar-refractivity contribution in [3.63, 3.8) is 0 Å². The Balaban J connectivity index is 2.39. The van der Waals surface area contributed by atoms with Crippen molar-refractivity contribution in [3.05, 3.63) is 36.0 Å². The Kier molecular flexibility index (Phi) is 1.55. The van der Waals surface area contributed by atoms with Gasteiger partial charge in [-0.25, -0.2) is 5.01 Å². The maximum Gasteiger partial charge on any atom is 0.232 e. The number of fused-ring (bicyclic) bond motifs is 1. The molecule has 1 heterocycles. The topological polar surface area (TPSA) is 32.3 Å². The molecule has 0 radical (unpaired) electrons. The number of nitrogens with one attached hydrogen (secondary N) is 1. The molecule has 0 saturated heterocycles. The molecule has 0 aliphatic carbocycles. The standard InChI is InChI=1S/C9H8N2O/c12-7-11-6-5-8-3-1-2-4-9(8)10-11/h1-7,10H. The predicted octanol–water partition coefficient (Wildman–Crippen LogP) is 1.46. The fraction of sp³-hybridized carbons (Fsp3) is 0. The van der Waals surface area contributed by atoms with Crippen molar-refractivity contribution in [1.29, 1.82) is 0 Å². The highest BCUT2D eigenvalue weighted by atomic mass is 16.1. The lowest BCUT2D eigenvalue weighted by Gasteiger charge is -2.20. The average Bonchev–Trinajstić information content (AvgIpc) is 2.17. The Labute approximate surface area is 70.3 Å². The SMILES string of the molecule is O=CN1C=Cc2ccccc2N1. The number of carbonyl (C=O) groups excluding carboxylic acids is 1. The van der Waals surface area contributed by atoms with Crippen LogP contribution in [-0.2, 0) is 4.79 Å². The molecule has 3 nitrogen and oxygen atoms in total. The summed E-state index contributed by atoms with van der Waals surface area (Å²) < 4.78 is 0. The number of hydrogen-bond acceptors (Lipinski definition) is 2. The largest absolute Gasteiger partial charge is 0.292 e. The van der Waals surface area contributed by atoms with Gasteiger partial charge in [0.25, 0.3) is 0 Å². The van der Waals surface area contributed by atoms with E-state index in [1.165, 1.54) is 5.01 Å². The van der Waals surface area contributed by atoms with Crippen molar-refractivity contribution in [1.82, 2.24) is 5.01 Å². The number of para-hydroxylation sites is 1. The summed E-state index contributed by atoms with van der Waals surface area (Å²) in [7, 11) is 0. The highest BCUT2D eigenvalue weighted by Gasteiger charge is 2.05. The first-order chi connectivity index (χ1) is 5.90. The summed E-state index contributed by atoms with van der Waals surface area (Å²) >= 11 is 0. The zero-order valence-corrected chi connectivity index (χ0v) is 6.40. The zero-order chi connectivity index (χ0) is 8.39. The monoisotopic (exact) mass is 160 g/mol. The average molecular weight is 160 g/mol. The van der Waals surface area contributed by atoms with Crippen LogP contribution >= 0.6 is 0 Å². The lowest BCUT2D eigenvalue weighted by Crippen LogP contribution is -2.24. The fourth-order valence-electron chi connectivity index (χ4n) is 1.14. The summed E-state index contributed by atoms with van der Waals surface area (Å²) in [6, 6.07) is 7.80. The molecule has 0 bridgehead atoms. The molecule has 1 aromatic carbocycles. The van der Waals surface area contributed by atoms with Crippen LogP contribution < -0.4 is 5.43 Å². The minimum absolute atomic E-state index is 0.729. The molecule has 2 rings (SSSR count). The van der Waals surface area contributed by atoms with E-state index in [4.69, 9.17) is 0 Å². The summed E-state index contributed by atoms with van der Waals surface area (Å²) in [5, 5.41) is 1.38. The van der Waals surface area contributed by atoms with E-state index in [-0.39, 0.29) is 0 Å². The fourth-order valence-corrected chi connectivity index (χ4v) is 1.14. The van der Waals surface area contributed by atoms with Gasteiger partial charge in [0.1, 0.15) is 0 Å². The van der Waals surface area contributed by atoms with Crippen LogP contribution in [0.1, 0.15) is 5.56 Å². The van der Waals surface area contributed by atoms with E-state index in [1.807, 2.05) is 30.3 Å². The number of carbonyl (C=O) groups is 1. The van der Waals surface area contributed by atoms with Crippen molar-refractivity contribution in [2.75, 3.05) is 5.43 Å². The van der Waals surface area contributed by atoms with E-state index in [9.17, 15) is 4.79 Å². The van der Waals surface area contributed by atoms with Gasteiger partial charge in [0.2, 0.25) is 6.41 Å². The van der Waals surface area contributed by atoms with Crippen LogP contribution in [0, 0.1) is 0 Å². The Hall–Kier alpha value is -1.77. The molecule has 0 aromatic heterocycles. The smallest absolute Gasteiger partial charge is 0.232 e. The van der Waals surface area contributed by atoms with E-state index < -0.39 is 0 Å². The highest BCUT2D eigenvalue weighted by molar-refractivity contribution is 5.72. The van der Waals surface area contributed by atoms with E-state index in [0.29, 0.717) is 0 Å². The molecule has 1 amide bonds. The van der Waals surface area contributed by atoms with Crippen molar-refractivity contribution in [3.8, 4) is 0 Å². The Morgan fingerprint density at radius 2 is 2.17 bits per heavy atom. The van der Waals surface area contributed by atoms with Gasteiger partial charge in [-0.05, 0) is 12.1 Å². The van der Waals surface area contributed by atoms with Gasteiger partial charge in [-0.2, -0.15) is 0 Å². The van der Waals surface area contributed by atoms with Crippen molar-refractivity contribution >= 4 is 18.2 Å². The second-order valence-electron chi connectivity index (χ2n) is 2.53. The Morgan fingerprint density at radius 3 is 3.00 bits per heavy atom. The van der Waals surface area contributed by atoms with Crippen molar-refractivity contribution < 1.29 is 4.79 Å². The number of anilines is 1. The molecule has 60 valence electrons. The van der Waals surface area contributed by atoms with Gasteiger partial charge in [0, 0.05) is 11.8 Å². The summed E-state index contributed by atoms with van der Waals surface area (Å²) in [5.74, 6) is 0. The van der Waals surface area contributed by atoms with Crippen molar-refractivity contribution in [2.45, 2.75) is 0 Å². The normalized spacial score (nSPS) is 13.5. The van der Waals surface area contributed by atoms with Crippen LogP contribution in [0.15, 0.2) is 30.5 Å². The summed E-state index contributed by atoms with van der Waals surface area (Å²) in [4.78, 5) is 10.4. The molecule has 1 N–H and O–H groups in total. The van der Waals surface area contributed by atoms with E-state index in [2.05, 4.69) is 5.43 Å². The molecule has 12 heavy (non-hydrogen) atoms. The van der Waals surface area contributed by atoms with Crippen molar-refractivity contribution in [2.24, 2.45) is 0 Å². The first-order valence-corrected chi connectivity index (χ1v) is 3.68. The first kappa shape index (κ1) is 6.91. The second-order valence-corrected chi connectivity index (χ2v) is 2.53. The van der Waals surface area contributed by atoms with Crippen LogP contribution in [-0.4, -0.2) is 11.4 Å². The van der Waals surface area contributed by atoms with Gasteiger partial charge in [0.15, 0.2) is 0 Å². The quantitative estimate of drug-likeness (QED) is 0.631. The minimum atomic E-state index is 0.729. The van der Waals surface area contributed by atoms with Gasteiger partial charge < -0.3 is 0 Å². The minimum Gasteiger partial charge on any atom is -0.292 e. The zero-order valence-electron chi connectivity index (χ0n) is 6.40. The molecule has 1 aliphatic heterocycles. The molecule has 1 aromatic rings. The number of hydrazine groups is 1. The van der Waals surface area contributed by atoms with Crippen LogP contribution in [0.5, 0.6) is 0 Å². The summed E-state index contributed by atoms with van der Waals surface area (Å²) in [6.45, 7) is 0. The number of amides is 1. The molecule has 1 aliphatic rings. The van der Waals surface area contributed by atoms with E-state index in [1.54, 1.807) is 6.20 Å². The third-order valence-electron chi connectivity index (χ3n) is 1.74. The van der Waals surface area contributed by atoms with Gasteiger partial charge in [0.05, 0.1) is 5.69 Å². The second kappa shape index (κ2) is 2.70. The maximum atomic E-state index is 10.4. The lowest BCUT2D eigenvalue weighted by atomic mass is 10.1. The summed E-state index contributed by atoms with van der Waals surface area (Å²) in [5.41, 5.74) is 4.97. The van der Waals surface area contributed by atoms with Crippen LogP contribution in [0.2, 0.25) is 0 Å². The van der Waals surface area contributed by atoms with E-state index >= 15 is 0 Å². The summed E-state index contributed by atoms with van der Waals surface area (Å²) in [6.07, 6.45) is 4.31. The number of rotatable bonds is 1. The van der Waals surface area contributed by atoms with Gasteiger partial charge >= 0.3 is 0 Å². The van der Waals surface area contributed by atoms with Gasteiger partial charge in [-0.1, -0.05) is 18.2 Å². The third kappa shape index (κ3) is 1.05. The molecule has 0 spiro atoms. The maximum absolute atomic E-state index is 10.4. The number of nitrogens with zero attached hydrogens (tertiary/aromatic N) is 1. The van der Waals surface area contributed by atoms with Gasteiger partial charge in [-0.3, -0.25) is 10.2 Å². The number of hydrogen-bond donors (Lipinski definition) is 1. The van der Waals surface area contributed by atoms with Crippen LogP contribution in [0.4, 0.5) is 5.69 Å². The predicted molar refractivity (Wildman–Crippen MR) is 47.0 cm³/mol. The molecule has 0 saturated carbocycles. The third-order valence-corrected chi connectivity index (χ3v) is 1.74. The van der Waals surface area contributed by atoms with Crippen LogP contribution in [0.3, 0.4) is 0 Å². The van der Waals surface area contributed by atoms with Gasteiger partial charge in [-0.15, -0.1) is 0 Å². The van der Waals surface area contributed by atoms with E-state index in [0.717, 1.165) is 17.7 Å². The lowest BCUT2D eigenvalue weighted by molar-refractivity contribution is -0.115. The first-order valence-electron chi connectivity index (χ1n) is 3.68. The molecule has 0 atom stereocenters. The Bertz CT molecular complexity index is 333. The molecule has 0 unspecified atom stereocenters. The van der Waals surface area contributed by atoms with Crippen LogP contribution in [0.25, 0.3) is 6.08 Å². The molecule has 0 fully saturated rings. The molecular weight excluding hydrogens is 152 g/mol. The number of benzene rings is 1. The molecule has 3 heteroatoms. The molecular formula is C9H8N2O.